The third-order valence-corrected chi connectivity index (χ3v) is 10.1. The molecule has 1 saturated carbocycles. The fraction of sp³-hybridized carbons (Fsp3) is 0.395. The number of carbonyl (C=O) groups is 4. The Hall–Kier alpha value is -4.90. The van der Waals surface area contributed by atoms with Crippen molar-refractivity contribution in [3.8, 4) is 11.1 Å². The number of anilines is 1. The zero-order valence-electron chi connectivity index (χ0n) is 27.5. The van der Waals surface area contributed by atoms with E-state index in [1.54, 1.807) is 6.07 Å². The summed E-state index contributed by atoms with van der Waals surface area (Å²) in [5.74, 6) is -2.82. The molecule has 0 bridgehead atoms. The van der Waals surface area contributed by atoms with Crippen LogP contribution in [-0.4, -0.2) is 41.5 Å². The van der Waals surface area contributed by atoms with Gasteiger partial charge in [-0.3, -0.25) is 24.2 Å². The predicted molar refractivity (Wildman–Crippen MR) is 183 cm³/mol. The Labute approximate surface area is 283 Å². The number of ketones is 2. The molecule has 0 spiro atoms. The summed E-state index contributed by atoms with van der Waals surface area (Å²) in [7, 11) is 0. The Balaban J connectivity index is 1.17. The molecule has 2 aliphatic rings. The van der Waals surface area contributed by atoms with Crippen molar-refractivity contribution in [3.05, 3.63) is 87.7 Å². The summed E-state index contributed by atoms with van der Waals surface area (Å²) < 4.78 is 19.5. The number of Topliss-reactive ketones (excluding diaryl/α,β-unsaturated/α-hetero) is 2. The lowest BCUT2D eigenvalue weighted by Crippen LogP contribution is -2.31. The van der Waals surface area contributed by atoms with E-state index in [0.717, 1.165) is 54.0 Å². The SMILES string of the molecule is Cc1cc(C(=O)C[C@H]2CCNC2=O)ccc1-c1ccc(C[C@H](CC(=O)C2CCC(CN)CC2)C(=O)Nc2cc(F)c3oc(=O)[nH]c3c2)cc1. The molecule has 0 unspecified atom stereocenters. The van der Waals surface area contributed by atoms with Gasteiger partial charge in [-0.25, -0.2) is 9.18 Å². The minimum atomic E-state index is -0.803. The monoisotopic (exact) mass is 668 g/mol. The number of rotatable bonds is 12. The largest absolute Gasteiger partial charge is 0.417 e. The highest BCUT2D eigenvalue weighted by molar-refractivity contribution is 6.00. The number of oxazole rings is 1. The first-order chi connectivity index (χ1) is 23.6. The van der Waals surface area contributed by atoms with Crippen LogP contribution in [0.3, 0.4) is 0 Å². The lowest BCUT2D eigenvalue weighted by Gasteiger charge is -2.27. The van der Waals surface area contributed by atoms with Crippen molar-refractivity contribution in [2.75, 3.05) is 18.4 Å². The first-order valence-corrected chi connectivity index (χ1v) is 16.9. The number of hydrogen-bond donors (Lipinski definition) is 4. The van der Waals surface area contributed by atoms with Crippen molar-refractivity contribution >= 4 is 40.2 Å². The van der Waals surface area contributed by atoms with Gasteiger partial charge in [0.2, 0.25) is 11.8 Å². The molecule has 6 rings (SSSR count). The number of aromatic amines is 1. The molecule has 0 radical (unpaired) electrons. The van der Waals surface area contributed by atoms with Gasteiger partial charge in [-0.15, -0.1) is 0 Å². The molecule has 2 amide bonds. The van der Waals surface area contributed by atoms with Crippen LogP contribution >= 0.6 is 0 Å². The predicted octanol–water partition coefficient (Wildman–Crippen LogP) is 5.47. The van der Waals surface area contributed by atoms with E-state index in [4.69, 9.17) is 10.2 Å². The van der Waals surface area contributed by atoms with Gasteiger partial charge in [-0.1, -0.05) is 36.4 Å². The average molecular weight is 669 g/mol. The van der Waals surface area contributed by atoms with Crippen LogP contribution in [0.2, 0.25) is 0 Å². The van der Waals surface area contributed by atoms with E-state index in [-0.39, 0.29) is 65.4 Å². The molecule has 1 aliphatic heterocycles. The van der Waals surface area contributed by atoms with Crippen LogP contribution in [0.5, 0.6) is 0 Å². The second-order valence-corrected chi connectivity index (χ2v) is 13.5. The smallest absolute Gasteiger partial charge is 0.405 e. The van der Waals surface area contributed by atoms with Gasteiger partial charge < -0.3 is 20.8 Å². The number of H-pyrrole nitrogens is 1. The van der Waals surface area contributed by atoms with E-state index in [1.165, 1.54) is 6.07 Å². The van der Waals surface area contributed by atoms with Gasteiger partial charge in [0, 0.05) is 54.5 Å². The molecular weight excluding hydrogens is 627 g/mol. The third-order valence-electron chi connectivity index (χ3n) is 10.1. The van der Waals surface area contributed by atoms with Gasteiger partial charge in [0.1, 0.15) is 5.78 Å². The molecule has 5 N–H and O–H groups in total. The number of carbonyl (C=O) groups excluding carboxylic acids is 4. The lowest BCUT2D eigenvalue weighted by molar-refractivity contribution is -0.129. The van der Waals surface area contributed by atoms with Crippen molar-refractivity contribution in [1.82, 2.24) is 10.3 Å². The Morgan fingerprint density at radius 3 is 2.43 bits per heavy atom. The number of nitrogens with two attached hydrogens (primary N) is 1. The minimum Gasteiger partial charge on any atom is -0.405 e. The van der Waals surface area contributed by atoms with Crippen LogP contribution in [0.15, 0.2) is 63.8 Å². The van der Waals surface area contributed by atoms with Gasteiger partial charge in [0.25, 0.3) is 0 Å². The summed E-state index contributed by atoms with van der Waals surface area (Å²) in [5.41, 5.74) is 10.1. The fourth-order valence-electron chi connectivity index (χ4n) is 7.17. The van der Waals surface area contributed by atoms with E-state index < -0.39 is 23.4 Å². The highest BCUT2D eigenvalue weighted by Crippen LogP contribution is 2.32. The van der Waals surface area contributed by atoms with Crippen LogP contribution in [0, 0.1) is 36.4 Å². The zero-order chi connectivity index (χ0) is 34.7. The molecule has 49 heavy (non-hydrogen) atoms. The highest BCUT2D eigenvalue weighted by atomic mass is 19.1. The minimum absolute atomic E-state index is 0.0341. The Morgan fingerprint density at radius 1 is 1.00 bits per heavy atom. The van der Waals surface area contributed by atoms with Crippen molar-refractivity contribution in [2.45, 2.75) is 58.3 Å². The molecular formula is C38H41FN4O6. The molecule has 1 aromatic heterocycles. The second kappa shape index (κ2) is 14.7. The molecule has 2 fully saturated rings. The van der Waals surface area contributed by atoms with E-state index in [0.29, 0.717) is 31.0 Å². The Morgan fingerprint density at radius 2 is 1.76 bits per heavy atom. The van der Waals surface area contributed by atoms with E-state index >= 15 is 0 Å². The number of aromatic nitrogens is 1. The summed E-state index contributed by atoms with van der Waals surface area (Å²) in [4.78, 5) is 66.0. The van der Waals surface area contributed by atoms with E-state index in [9.17, 15) is 28.4 Å². The molecule has 11 heteroatoms. The summed E-state index contributed by atoms with van der Waals surface area (Å²) >= 11 is 0. The van der Waals surface area contributed by atoms with Gasteiger partial charge >= 0.3 is 5.76 Å². The van der Waals surface area contributed by atoms with E-state index in [1.807, 2.05) is 43.3 Å². The van der Waals surface area contributed by atoms with E-state index in [2.05, 4.69) is 15.6 Å². The lowest BCUT2D eigenvalue weighted by atomic mass is 9.77. The fourth-order valence-corrected chi connectivity index (χ4v) is 7.17. The number of aryl methyl sites for hydroxylation is 1. The maximum atomic E-state index is 14.6. The number of amides is 2. The topological polar surface area (TPSA) is 164 Å². The van der Waals surface area contributed by atoms with Crippen molar-refractivity contribution in [1.29, 1.82) is 0 Å². The molecule has 256 valence electrons. The van der Waals surface area contributed by atoms with Crippen LogP contribution in [-0.2, 0) is 20.8 Å². The first kappa shape index (κ1) is 34.0. The van der Waals surface area contributed by atoms with Gasteiger partial charge in [0.15, 0.2) is 17.2 Å². The summed E-state index contributed by atoms with van der Waals surface area (Å²) in [5, 5.41) is 5.53. The summed E-state index contributed by atoms with van der Waals surface area (Å²) in [6.07, 6.45) is 4.46. The molecule has 2 heterocycles. The first-order valence-electron chi connectivity index (χ1n) is 16.9. The van der Waals surface area contributed by atoms with Gasteiger partial charge in [-0.2, -0.15) is 0 Å². The number of nitrogens with one attached hydrogen (secondary N) is 3. The Kier molecular flexibility index (Phi) is 10.2. The van der Waals surface area contributed by atoms with Crippen LogP contribution < -0.4 is 22.1 Å². The molecule has 1 saturated heterocycles. The zero-order valence-corrected chi connectivity index (χ0v) is 27.5. The van der Waals surface area contributed by atoms with Crippen molar-refractivity contribution < 1.29 is 28.0 Å². The number of benzene rings is 3. The normalized spacial score (nSPS) is 19.8. The standard InChI is InChI=1S/C38H41FN4O6/c1-21-14-26(34(45)16-27-12-13-41-36(27)46)10-11-30(21)24-6-2-22(3-7-24)15-28(17-33(44)25-8-4-23(20-40)5-9-25)37(47)42-29-18-31(39)35-32(19-29)43-38(48)49-35/h2-3,6-7,10-11,14,18-19,23,25,27-28H,4-5,8-9,12-13,15-17,20,40H2,1H3,(H,41,46)(H,42,47)(H,43,48)/t23?,25?,27-,28-/m1/s1. The molecule has 3 aromatic carbocycles. The highest BCUT2D eigenvalue weighted by Gasteiger charge is 2.31. The van der Waals surface area contributed by atoms with Crippen LogP contribution in [0.4, 0.5) is 10.1 Å². The molecule has 2 atom stereocenters. The second-order valence-electron chi connectivity index (χ2n) is 13.5. The van der Waals surface area contributed by atoms with Crippen molar-refractivity contribution in [3.63, 3.8) is 0 Å². The third kappa shape index (κ3) is 7.88. The molecule has 10 nitrogen and oxygen atoms in total. The maximum absolute atomic E-state index is 14.6. The number of hydrogen-bond acceptors (Lipinski definition) is 7. The van der Waals surface area contributed by atoms with Crippen molar-refractivity contribution in [2.24, 2.45) is 29.4 Å². The summed E-state index contributed by atoms with van der Waals surface area (Å²) in [6.45, 7) is 3.15. The van der Waals surface area contributed by atoms with Crippen LogP contribution in [0.1, 0.15) is 66.4 Å². The average Bonchev–Trinajstić information content (AvgIpc) is 3.68. The van der Waals surface area contributed by atoms with Crippen LogP contribution in [0.25, 0.3) is 22.2 Å². The van der Waals surface area contributed by atoms with Gasteiger partial charge in [-0.05, 0) is 92.3 Å². The summed E-state index contributed by atoms with van der Waals surface area (Å²) in [6, 6.07) is 15.8. The molecule has 4 aromatic rings. The maximum Gasteiger partial charge on any atom is 0.417 e. The Bertz CT molecular complexity index is 1940. The quantitative estimate of drug-likeness (QED) is 0.146. The number of fused-ring (bicyclic) bond motifs is 1. The molecule has 1 aliphatic carbocycles. The van der Waals surface area contributed by atoms with Gasteiger partial charge in [0.05, 0.1) is 5.52 Å². The number of halogens is 1.